The largest absolute Gasteiger partial charge is 0.506 e. The zero-order valence-corrected chi connectivity index (χ0v) is 12.1. The lowest BCUT2D eigenvalue weighted by atomic mass is 10.0. The van der Waals surface area contributed by atoms with Gasteiger partial charge >= 0.3 is 5.97 Å². The molecule has 1 unspecified atom stereocenters. The quantitative estimate of drug-likeness (QED) is 0.731. The van der Waals surface area contributed by atoms with Crippen LogP contribution in [0.1, 0.15) is 13.8 Å². The van der Waals surface area contributed by atoms with Gasteiger partial charge in [0.1, 0.15) is 5.75 Å². The summed E-state index contributed by atoms with van der Waals surface area (Å²) in [4.78, 5) is 15.2. The normalized spacial score (nSPS) is 20.3. The molecule has 1 atom stereocenters. The van der Waals surface area contributed by atoms with E-state index in [0.29, 0.717) is 10.9 Å². The number of aliphatic carboxylic acids is 1. The van der Waals surface area contributed by atoms with E-state index in [-0.39, 0.29) is 18.2 Å². The van der Waals surface area contributed by atoms with Crippen LogP contribution in [-0.2, 0) is 4.79 Å². The number of amidine groups is 1. The molecule has 0 aromatic heterocycles. The number of anilines is 1. The number of thioether (sulfide) groups is 1. The van der Waals surface area contributed by atoms with Crippen molar-refractivity contribution in [3.8, 4) is 5.75 Å². The molecule has 0 bridgehead atoms. The number of para-hydroxylation sites is 2. The summed E-state index contributed by atoms with van der Waals surface area (Å²) in [6.07, 6.45) is 0. The second-order valence-corrected chi connectivity index (χ2v) is 6.17. The highest BCUT2D eigenvalue weighted by Crippen LogP contribution is 2.38. The van der Waals surface area contributed by atoms with Crippen molar-refractivity contribution in [1.29, 1.82) is 0 Å². The number of rotatable bonds is 2. The molecule has 1 aliphatic rings. The molecular formula is C12H15ClN2O3S. The van der Waals surface area contributed by atoms with Gasteiger partial charge in [0, 0.05) is 0 Å². The average molecular weight is 303 g/mol. The minimum absolute atomic E-state index is 0. The standard InChI is InChI=1S/C12H14N2O3S.ClH/c1-12(2)9(10(16)17)14-11(18-12)13-7-5-3-4-6-8(7)15;/h3-6,9,15H,1-2H3,(H,13,14)(H,16,17);1H. The van der Waals surface area contributed by atoms with E-state index in [1.165, 1.54) is 11.8 Å². The first kappa shape index (κ1) is 15.7. The number of halogens is 1. The van der Waals surface area contributed by atoms with Crippen molar-refractivity contribution in [2.45, 2.75) is 24.6 Å². The predicted octanol–water partition coefficient (Wildman–Crippen LogP) is 2.56. The van der Waals surface area contributed by atoms with Crippen LogP contribution in [0.15, 0.2) is 29.3 Å². The molecule has 0 aliphatic carbocycles. The molecule has 0 saturated heterocycles. The van der Waals surface area contributed by atoms with Gasteiger partial charge in [-0.3, -0.25) is 0 Å². The zero-order valence-electron chi connectivity index (χ0n) is 10.5. The maximum Gasteiger partial charge on any atom is 0.329 e. The second-order valence-electron chi connectivity index (χ2n) is 4.52. The number of nitrogens with zero attached hydrogens (tertiary/aromatic N) is 1. The van der Waals surface area contributed by atoms with Crippen LogP contribution < -0.4 is 5.32 Å². The fourth-order valence-corrected chi connectivity index (χ4v) is 2.79. The van der Waals surface area contributed by atoms with Gasteiger partial charge in [-0.05, 0) is 26.0 Å². The van der Waals surface area contributed by atoms with E-state index in [2.05, 4.69) is 10.3 Å². The highest BCUT2D eigenvalue weighted by Gasteiger charge is 2.42. The Kier molecular flexibility index (Phi) is 4.70. The minimum atomic E-state index is -0.943. The van der Waals surface area contributed by atoms with Gasteiger partial charge in [-0.15, -0.1) is 12.4 Å². The monoisotopic (exact) mass is 302 g/mol. The van der Waals surface area contributed by atoms with E-state index in [1.807, 2.05) is 13.8 Å². The van der Waals surface area contributed by atoms with Gasteiger partial charge in [-0.25, -0.2) is 9.79 Å². The van der Waals surface area contributed by atoms with Gasteiger partial charge in [0.15, 0.2) is 11.2 Å². The summed E-state index contributed by atoms with van der Waals surface area (Å²) in [7, 11) is 0. The molecular weight excluding hydrogens is 288 g/mol. The smallest absolute Gasteiger partial charge is 0.329 e. The van der Waals surface area contributed by atoms with Crippen LogP contribution in [0, 0.1) is 0 Å². The molecule has 5 nitrogen and oxygen atoms in total. The first-order chi connectivity index (χ1) is 8.40. The fraction of sp³-hybridized carbons (Fsp3) is 0.333. The number of phenols is 1. The summed E-state index contributed by atoms with van der Waals surface area (Å²) >= 11 is 1.35. The number of aliphatic imine (C=N–C) groups is 1. The summed E-state index contributed by atoms with van der Waals surface area (Å²) in [5.74, 6) is -0.834. The Balaban J connectivity index is 0.00000180. The lowest BCUT2D eigenvalue weighted by Crippen LogP contribution is -2.34. The minimum Gasteiger partial charge on any atom is -0.506 e. The summed E-state index contributed by atoms with van der Waals surface area (Å²) in [6, 6.07) is 5.98. The second kappa shape index (κ2) is 5.71. The molecule has 7 heteroatoms. The number of hydrogen-bond donors (Lipinski definition) is 3. The number of carboxylic acids is 1. The predicted molar refractivity (Wildman–Crippen MR) is 79.5 cm³/mol. The molecule has 104 valence electrons. The number of carbonyl (C=O) groups is 1. The van der Waals surface area contributed by atoms with Crippen molar-refractivity contribution in [1.82, 2.24) is 0 Å². The number of aromatic hydroxyl groups is 1. The maximum absolute atomic E-state index is 11.1. The molecule has 0 radical (unpaired) electrons. The van der Waals surface area contributed by atoms with E-state index in [1.54, 1.807) is 24.3 Å². The average Bonchev–Trinajstić information content (AvgIpc) is 2.57. The topological polar surface area (TPSA) is 81.9 Å². The van der Waals surface area contributed by atoms with Gasteiger partial charge in [0.2, 0.25) is 0 Å². The van der Waals surface area contributed by atoms with E-state index in [4.69, 9.17) is 5.11 Å². The Labute approximate surface area is 121 Å². The molecule has 0 fully saturated rings. The fourth-order valence-electron chi connectivity index (χ4n) is 1.71. The highest BCUT2D eigenvalue weighted by atomic mass is 35.5. The first-order valence-corrected chi connectivity index (χ1v) is 6.26. The van der Waals surface area contributed by atoms with Crippen LogP contribution in [0.4, 0.5) is 5.69 Å². The van der Waals surface area contributed by atoms with Crippen molar-refractivity contribution in [3.05, 3.63) is 24.3 Å². The Morgan fingerprint density at radius 3 is 2.58 bits per heavy atom. The number of phenolic OH excluding ortho intramolecular Hbond substituents is 1. The molecule has 2 rings (SSSR count). The molecule has 19 heavy (non-hydrogen) atoms. The van der Waals surface area contributed by atoms with Crippen molar-refractivity contribution < 1.29 is 15.0 Å². The van der Waals surface area contributed by atoms with Crippen molar-refractivity contribution in [2.75, 3.05) is 5.32 Å². The first-order valence-electron chi connectivity index (χ1n) is 5.45. The summed E-state index contributed by atoms with van der Waals surface area (Å²) in [5.41, 5.74) is 0.519. The Morgan fingerprint density at radius 2 is 2.05 bits per heavy atom. The Hall–Kier alpha value is -1.40. The van der Waals surface area contributed by atoms with Crippen LogP contribution >= 0.6 is 24.2 Å². The van der Waals surface area contributed by atoms with Crippen LogP contribution in [0.2, 0.25) is 0 Å². The van der Waals surface area contributed by atoms with Crippen molar-refractivity contribution in [2.24, 2.45) is 4.99 Å². The third-order valence-electron chi connectivity index (χ3n) is 2.64. The molecule has 3 N–H and O–H groups in total. The number of carboxylic acid groups (broad SMARTS) is 1. The lowest BCUT2D eigenvalue weighted by molar-refractivity contribution is -0.138. The van der Waals surface area contributed by atoms with Gasteiger partial charge in [0.05, 0.1) is 10.4 Å². The number of hydrogen-bond acceptors (Lipinski definition) is 5. The number of nitrogens with one attached hydrogen (secondary N) is 1. The molecule has 1 aromatic carbocycles. The molecule has 1 aromatic rings. The molecule has 0 spiro atoms. The zero-order chi connectivity index (χ0) is 13.3. The van der Waals surface area contributed by atoms with Crippen LogP contribution in [0.25, 0.3) is 0 Å². The van der Waals surface area contributed by atoms with Gasteiger partial charge in [-0.1, -0.05) is 23.9 Å². The third-order valence-corrected chi connectivity index (χ3v) is 3.79. The third kappa shape index (κ3) is 3.33. The van der Waals surface area contributed by atoms with E-state index in [9.17, 15) is 9.90 Å². The van der Waals surface area contributed by atoms with Crippen LogP contribution in [-0.4, -0.2) is 32.1 Å². The lowest BCUT2D eigenvalue weighted by Gasteiger charge is -2.20. The Bertz CT molecular complexity index is 519. The summed E-state index contributed by atoms with van der Waals surface area (Å²) in [5, 5.41) is 22.2. The SMILES string of the molecule is CC1(C)SC(Nc2ccccc2O)=NC1C(=O)O.Cl. The summed E-state index contributed by atoms with van der Waals surface area (Å²) in [6.45, 7) is 3.67. The summed E-state index contributed by atoms with van der Waals surface area (Å²) < 4.78 is -0.501. The maximum atomic E-state index is 11.1. The highest BCUT2D eigenvalue weighted by molar-refractivity contribution is 8.15. The van der Waals surface area contributed by atoms with E-state index < -0.39 is 16.8 Å². The van der Waals surface area contributed by atoms with Gasteiger partial charge in [0.25, 0.3) is 0 Å². The molecule has 1 heterocycles. The molecule has 0 saturated carbocycles. The van der Waals surface area contributed by atoms with Crippen LogP contribution in [0.3, 0.4) is 0 Å². The Morgan fingerprint density at radius 1 is 1.42 bits per heavy atom. The van der Waals surface area contributed by atoms with E-state index in [0.717, 1.165) is 0 Å². The molecule has 1 aliphatic heterocycles. The van der Waals surface area contributed by atoms with Crippen molar-refractivity contribution >= 4 is 41.0 Å². The van der Waals surface area contributed by atoms with Gasteiger partial charge < -0.3 is 15.5 Å². The number of benzene rings is 1. The van der Waals surface area contributed by atoms with Gasteiger partial charge in [-0.2, -0.15) is 0 Å². The van der Waals surface area contributed by atoms with E-state index >= 15 is 0 Å². The van der Waals surface area contributed by atoms with Crippen LogP contribution in [0.5, 0.6) is 5.75 Å². The van der Waals surface area contributed by atoms with Crippen molar-refractivity contribution in [3.63, 3.8) is 0 Å². The molecule has 0 amide bonds.